The molecule has 1 aliphatic heterocycles. The molecule has 0 aromatic heterocycles. The summed E-state index contributed by atoms with van der Waals surface area (Å²) < 4.78 is 0. The molecule has 0 bridgehead atoms. The van der Waals surface area contributed by atoms with Crippen LogP contribution >= 0.6 is 0 Å². The Kier molecular flexibility index (Phi) is 6.07. The van der Waals surface area contributed by atoms with E-state index in [-0.39, 0.29) is 0 Å². The molecule has 0 aromatic carbocycles. The average Bonchev–Trinajstić information content (AvgIpc) is 2.24. The van der Waals surface area contributed by atoms with Gasteiger partial charge >= 0.3 is 0 Å². The van der Waals surface area contributed by atoms with E-state index in [1.165, 1.54) is 18.5 Å². The minimum Gasteiger partial charge on any atom is -0.311 e. The van der Waals surface area contributed by atoms with Gasteiger partial charge in [0.15, 0.2) is 0 Å². The lowest BCUT2D eigenvalue weighted by Crippen LogP contribution is -2.60. The molecule has 2 nitrogen and oxygen atoms in total. The fourth-order valence-electron chi connectivity index (χ4n) is 2.96. The first-order valence-electron chi connectivity index (χ1n) is 7.81. The van der Waals surface area contributed by atoms with Crippen molar-refractivity contribution >= 4 is 0 Å². The highest BCUT2D eigenvalue weighted by atomic mass is 15.2. The van der Waals surface area contributed by atoms with Gasteiger partial charge in [0.05, 0.1) is 0 Å². The summed E-state index contributed by atoms with van der Waals surface area (Å²) in [4.78, 5) is 2.68. The summed E-state index contributed by atoms with van der Waals surface area (Å²) in [7, 11) is 0. The molecule has 0 spiro atoms. The van der Waals surface area contributed by atoms with Gasteiger partial charge in [-0.3, -0.25) is 4.90 Å². The molecular weight excluding hydrogens is 232 g/mol. The van der Waals surface area contributed by atoms with Crippen molar-refractivity contribution in [1.82, 2.24) is 10.2 Å². The van der Waals surface area contributed by atoms with Crippen molar-refractivity contribution in [3.05, 3.63) is 11.6 Å². The zero-order valence-electron chi connectivity index (χ0n) is 14.1. The Labute approximate surface area is 120 Å². The molecule has 1 fully saturated rings. The lowest BCUT2D eigenvalue weighted by molar-refractivity contribution is 0.0613. The number of piperazine rings is 1. The van der Waals surface area contributed by atoms with Crippen molar-refractivity contribution in [3.8, 4) is 0 Å². The summed E-state index contributed by atoms with van der Waals surface area (Å²) in [5.41, 5.74) is 1.76. The predicted octanol–water partition coefficient (Wildman–Crippen LogP) is 3.69. The molecule has 2 unspecified atom stereocenters. The van der Waals surface area contributed by atoms with Gasteiger partial charge in [0.1, 0.15) is 0 Å². The van der Waals surface area contributed by atoms with Crippen LogP contribution in [0.25, 0.3) is 0 Å². The summed E-state index contributed by atoms with van der Waals surface area (Å²) in [6.45, 7) is 19.5. The number of hydrogen-bond acceptors (Lipinski definition) is 2. The van der Waals surface area contributed by atoms with Gasteiger partial charge < -0.3 is 5.32 Å². The molecule has 0 aliphatic carbocycles. The SMILES string of the molecule is CC(C)=CCN1CC(CC(C)C)NCC1C(C)(C)C. The van der Waals surface area contributed by atoms with Crippen LogP contribution in [0.2, 0.25) is 0 Å². The third kappa shape index (κ3) is 5.66. The Hall–Kier alpha value is -0.340. The van der Waals surface area contributed by atoms with Gasteiger partial charge in [0, 0.05) is 31.7 Å². The maximum absolute atomic E-state index is 3.76. The van der Waals surface area contributed by atoms with Gasteiger partial charge in [-0.05, 0) is 31.6 Å². The highest BCUT2D eigenvalue weighted by Gasteiger charge is 2.34. The van der Waals surface area contributed by atoms with Gasteiger partial charge in [0.25, 0.3) is 0 Å². The fraction of sp³-hybridized carbons (Fsp3) is 0.882. The van der Waals surface area contributed by atoms with E-state index in [0.29, 0.717) is 17.5 Å². The molecule has 19 heavy (non-hydrogen) atoms. The van der Waals surface area contributed by atoms with Crippen molar-refractivity contribution in [2.45, 2.75) is 67.0 Å². The van der Waals surface area contributed by atoms with Crippen LogP contribution < -0.4 is 5.32 Å². The minimum absolute atomic E-state index is 0.339. The monoisotopic (exact) mass is 266 g/mol. The maximum atomic E-state index is 3.76. The first-order chi connectivity index (χ1) is 8.70. The molecule has 1 rings (SSSR count). The summed E-state index contributed by atoms with van der Waals surface area (Å²) >= 11 is 0. The van der Waals surface area contributed by atoms with E-state index >= 15 is 0 Å². The molecule has 112 valence electrons. The van der Waals surface area contributed by atoms with Gasteiger partial charge in [-0.25, -0.2) is 0 Å². The van der Waals surface area contributed by atoms with Crippen molar-refractivity contribution in [3.63, 3.8) is 0 Å². The summed E-state index contributed by atoms with van der Waals surface area (Å²) in [5.74, 6) is 0.772. The molecule has 1 saturated heterocycles. The minimum atomic E-state index is 0.339. The van der Waals surface area contributed by atoms with Crippen LogP contribution in [0.3, 0.4) is 0 Å². The van der Waals surface area contributed by atoms with Crippen LogP contribution in [0.5, 0.6) is 0 Å². The Bertz CT molecular complexity index is 295. The second-order valence-electron chi connectivity index (χ2n) is 7.85. The molecule has 2 heteroatoms. The summed E-state index contributed by atoms with van der Waals surface area (Å²) in [6.07, 6.45) is 3.65. The van der Waals surface area contributed by atoms with E-state index in [0.717, 1.165) is 19.0 Å². The lowest BCUT2D eigenvalue weighted by atomic mass is 9.83. The smallest absolute Gasteiger partial charge is 0.0273 e. The van der Waals surface area contributed by atoms with Crippen LogP contribution in [0, 0.1) is 11.3 Å². The van der Waals surface area contributed by atoms with Gasteiger partial charge in [-0.2, -0.15) is 0 Å². The quantitative estimate of drug-likeness (QED) is 0.781. The topological polar surface area (TPSA) is 15.3 Å². The first-order valence-corrected chi connectivity index (χ1v) is 7.81. The van der Waals surface area contributed by atoms with Crippen LogP contribution in [0.1, 0.15) is 54.9 Å². The van der Waals surface area contributed by atoms with Crippen molar-refractivity contribution in [2.24, 2.45) is 11.3 Å². The van der Waals surface area contributed by atoms with Crippen molar-refractivity contribution < 1.29 is 0 Å². The zero-order valence-corrected chi connectivity index (χ0v) is 14.1. The molecule has 0 saturated carbocycles. The standard InChI is InChI=1S/C17H34N2/c1-13(2)8-9-19-12-15(10-14(3)4)18-11-16(19)17(5,6)7/h8,14-16,18H,9-12H2,1-7H3. The van der Waals surface area contributed by atoms with E-state index in [1.54, 1.807) is 0 Å². The summed E-state index contributed by atoms with van der Waals surface area (Å²) in [5, 5.41) is 3.76. The fourth-order valence-corrected chi connectivity index (χ4v) is 2.96. The zero-order chi connectivity index (χ0) is 14.6. The largest absolute Gasteiger partial charge is 0.311 e. The Balaban J connectivity index is 2.71. The van der Waals surface area contributed by atoms with Crippen molar-refractivity contribution in [1.29, 1.82) is 0 Å². The second kappa shape index (κ2) is 6.90. The number of rotatable bonds is 4. The Morgan fingerprint density at radius 2 is 1.95 bits per heavy atom. The molecule has 1 heterocycles. The lowest BCUT2D eigenvalue weighted by Gasteiger charge is -2.46. The van der Waals surface area contributed by atoms with E-state index < -0.39 is 0 Å². The Morgan fingerprint density at radius 1 is 1.32 bits per heavy atom. The maximum Gasteiger partial charge on any atom is 0.0273 e. The Morgan fingerprint density at radius 3 is 2.42 bits per heavy atom. The second-order valence-corrected chi connectivity index (χ2v) is 7.85. The number of nitrogens with one attached hydrogen (secondary N) is 1. The third-order valence-corrected chi connectivity index (χ3v) is 3.99. The number of nitrogens with zero attached hydrogens (tertiary/aromatic N) is 1. The molecule has 0 aromatic rings. The van der Waals surface area contributed by atoms with E-state index in [2.05, 4.69) is 64.8 Å². The molecule has 0 amide bonds. The van der Waals surface area contributed by atoms with Crippen LogP contribution in [-0.4, -0.2) is 36.6 Å². The summed E-state index contributed by atoms with van der Waals surface area (Å²) in [6, 6.07) is 1.29. The average molecular weight is 266 g/mol. The first kappa shape index (κ1) is 16.7. The molecule has 2 atom stereocenters. The number of allylic oxidation sites excluding steroid dienone is 1. The van der Waals surface area contributed by atoms with Gasteiger partial charge in [-0.1, -0.05) is 46.3 Å². The highest BCUT2D eigenvalue weighted by Crippen LogP contribution is 2.27. The molecular formula is C17H34N2. The van der Waals surface area contributed by atoms with Gasteiger partial charge in [-0.15, -0.1) is 0 Å². The third-order valence-electron chi connectivity index (χ3n) is 3.99. The highest BCUT2D eigenvalue weighted by molar-refractivity contribution is 5.00. The van der Waals surface area contributed by atoms with E-state index in [9.17, 15) is 0 Å². The molecule has 1 N–H and O–H groups in total. The van der Waals surface area contributed by atoms with Crippen LogP contribution in [-0.2, 0) is 0 Å². The van der Waals surface area contributed by atoms with Gasteiger partial charge in [0.2, 0.25) is 0 Å². The van der Waals surface area contributed by atoms with Crippen molar-refractivity contribution in [2.75, 3.05) is 19.6 Å². The van der Waals surface area contributed by atoms with Crippen LogP contribution in [0.15, 0.2) is 11.6 Å². The van der Waals surface area contributed by atoms with E-state index in [4.69, 9.17) is 0 Å². The normalized spacial score (nSPS) is 25.7. The molecule has 1 aliphatic rings. The molecule has 0 radical (unpaired) electrons. The number of hydrogen-bond donors (Lipinski definition) is 1. The predicted molar refractivity (Wildman–Crippen MR) is 85.5 cm³/mol. The van der Waals surface area contributed by atoms with Crippen LogP contribution in [0.4, 0.5) is 0 Å². The van der Waals surface area contributed by atoms with E-state index in [1.807, 2.05) is 0 Å².